The minimum Gasteiger partial charge on any atom is -0.744 e. The van der Waals surface area contributed by atoms with Gasteiger partial charge in [0.2, 0.25) is 0 Å². The van der Waals surface area contributed by atoms with E-state index < -0.39 is 10.1 Å². The lowest BCUT2D eigenvalue weighted by Crippen LogP contribution is -2.28. The number of aryl methyl sites for hydroxylation is 1. The Hall–Kier alpha value is -4.39. The van der Waals surface area contributed by atoms with Crippen LogP contribution in [-0.4, -0.2) is 19.6 Å². The summed E-state index contributed by atoms with van der Waals surface area (Å²) in [6.45, 7) is 2.50. The van der Waals surface area contributed by atoms with Crippen molar-refractivity contribution in [3.63, 3.8) is 0 Å². The van der Waals surface area contributed by atoms with Crippen molar-refractivity contribution in [1.29, 1.82) is 0 Å². The zero-order valence-electron chi connectivity index (χ0n) is 22.1. The fourth-order valence-electron chi connectivity index (χ4n) is 5.94. The zero-order valence-corrected chi connectivity index (χ0v) is 22.9. The summed E-state index contributed by atoms with van der Waals surface area (Å²) in [7, 11) is -4.71. The van der Waals surface area contributed by atoms with Crippen LogP contribution in [0.1, 0.15) is 28.8 Å². The number of rotatable bonds is 6. The Kier molecular flexibility index (Phi) is 6.88. The molecule has 0 saturated carbocycles. The van der Waals surface area contributed by atoms with Crippen LogP contribution >= 0.6 is 0 Å². The van der Waals surface area contributed by atoms with Crippen molar-refractivity contribution in [2.24, 2.45) is 0 Å². The van der Waals surface area contributed by atoms with Crippen molar-refractivity contribution in [1.82, 2.24) is 0 Å². The first kappa shape index (κ1) is 25.9. The van der Waals surface area contributed by atoms with E-state index in [2.05, 4.69) is 71.3 Å². The van der Waals surface area contributed by atoms with E-state index in [1.807, 2.05) is 54.6 Å². The second-order valence-electron chi connectivity index (χ2n) is 10.1. The van der Waals surface area contributed by atoms with Crippen LogP contribution < -0.4 is 9.80 Å². The zero-order chi connectivity index (χ0) is 27.7. The van der Waals surface area contributed by atoms with Crippen LogP contribution in [0.4, 0.5) is 11.4 Å². The first-order chi connectivity index (χ1) is 19.4. The monoisotopic (exact) mass is 545 g/mol. The Morgan fingerprint density at radius 2 is 1.15 bits per heavy atom. The van der Waals surface area contributed by atoms with Crippen LogP contribution in [0.2, 0.25) is 0 Å². The molecule has 2 atom stereocenters. The van der Waals surface area contributed by atoms with Crippen LogP contribution in [0, 0.1) is 6.92 Å². The van der Waals surface area contributed by atoms with Gasteiger partial charge in [0.05, 0.1) is 29.3 Å². The smallest absolute Gasteiger partial charge is 0.126 e. The minimum absolute atomic E-state index is 0.172. The highest BCUT2D eigenvalue weighted by Gasteiger charge is 2.44. The van der Waals surface area contributed by atoms with E-state index in [-0.39, 0.29) is 17.0 Å². The maximum absolute atomic E-state index is 12.5. The molecule has 5 aromatic carbocycles. The van der Waals surface area contributed by atoms with Gasteiger partial charge in [-0.1, -0.05) is 121 Å². The van der Waals surface area contributed by atoms with E-state index in [9.17, 15) is 13.0 Å². The number of hydrogen-bond acceptors (Lipinski definition) is 5. The summed E-state index contributed by atoms with van der Waals surface area (Å²) in [6.07, 6.45) is 0. The van der Waals surface area contributed by atoms with Crippen LogP contribution in [0.3, 0.4) is 0 Å². The van der Waals surface area contributed by atoms with Gasteiger partial charge in [-0.05, 0) is 41.3 Å². The maximum Gasteiger partial charge on any atom is 0.126 e. The molecule has 6 rings (SSSR count). The van der Waals surface area contributed by atoms with E-state index in [0.29, 0.717) is 12.4 Å². The van der Waals surface area contributed by atoms with Crippen molar-refractivity contribution in [3.8, 4) is 11.1 Å². The van der Waals surface area contributed by atoms with E-state index in [0.717, 1.165) is 33.5 Å². The van der Waals surface area contributed by atoms with Crippen molar-refractivity contribution in [3.05, 3.63) is 150 Å². The first-order valence-corrected chi connectivity index (χ1v) is 14.7. The molecule has 5 nitrogen and oxygen atoms in total. The molecule has 0 N–H and O–H groups in total. The summed E-state index contributed by atoms with van der Waals surface area (Å²) in [5.74, 6) is 0. The molecule has 0 amide bonds. The molecule has 1 aliphatic rings. The third kappa shape index (κ3) is 4.76. The molecule has 2 unspecified atom stereocenters. The molecule has 0 aliphatic carbocycles. The Morgan fingerprint density at radius 1 is 0.625 bits per heavy atom. The Morgan fingerprint density at radius 3 is 1.75 bits per heavy atom. The summed E-state index contributed by atoms with van der Waals surface area (Å²) >= 11 is 0. The molecule has 200 valence electrons. The number of anilines is 2. The normalized spacial score (nSPS) is 17.2. The van der Waals surface area contributed by atoms with Gasteiger partial charge in [0.25, 0.3) is 0 Å². The third-order valence-electron chi connectivity index (χ3n) is 7.61. The van der Waals surface area contributed by atoms with E-state index in [4.69, 9.17) is 0 Å². The van der Waals surface area contributed by atoms with Gasteiger partial charge in [-0.2, -0.15) is 0 Å². The lowest BCUT2D eigenvalue weighted by atomic mass is 9.91. The molecule has 0 bridgehead atoms. The molecule has 1 heterocycles. The standard InChI is InChI=1S/C34H30N2O3S/c1-25-14-13-21-29(26-15-5-2-6-16-26)32(25)36-24-35(30-22-11-12-23-31(30)40(37,38)39)33(27-17-7-3-8-18-27)34(36)28-19-9-4-10-20-28/h2-23,33-34H,24H2,1H3,(H,37,38,39)/p-1. The molecule has 6 heteroatoms. The van der Waals surface area contributed by atoms with Gasteiger partial charge >= 0.3 is 0 Å². The Balaban J connectivity index is 1.63. The predicted molar refractivity (Wildman–Crippen MR) is 159 cm³/mol. The largest absolute Gasteiger partial charge is 0.744 e. The summed E-state index contributed by atoms with van der Waals surface area (Å²) in [5.41, 5.74) is 6.93. The summed E-state index contributed by atoms with van der Waals surface area (Å²) in [6, 6.07) is 43.1. The number of para-hydroxylation sites is 2. The van der Waals surface area contributed by atoms with Gasteiger partial charge in [-0.15, -0.1) is 0 Å². The second-order valence-corrected chi connectivity index (χ2v) is 11.4. The fraction of sp³-hybridized carbons (Fsp3) is 0.118. The van der Waals surface area contributed by atoms with Gasteiger partial charge in [-0.25, -0.2) is 8.42 Å². The van der Waals surface area contributed by atoms with Crippen molar-refractivity contribution in [2.75, 3.05) is 16.5 Å². The van der Waals surface area contributed by atoms with Crippen LogP contribution in [0.5, 0.6) is 0 Å². The highest BCUT2D eigenvalue weighted by molar-refractivity contribution is 7.86. The van der Waals surface area contributed by atoms with Gasteiger partial charge < -0.3 is 14.4 Å². The number of hydrogen-bond donors (Lipinski definition) is 0. The van der Waals surface area contributed by atoms with Gasteiger partial charge in [0.1, 0.15) is 10.1 Å². The lowest BCUT2D eigenvalue weighted by Gasteiger charge is -2.32. The molecule has 1 fully saturated rings. The lowest BCUT2D eigenvalue weighted by molar-refractivity contribution is 0.462. The molecule has 5 aromatic rings. The summed E-state index contributed by atoms with van der Waals surface area (Å²) in [4.78, 5) is 4.22. The Labute approximate surface area is 235 Å². The van der Waals surface area contributed by atoms with E-state index in [1.165, 1.54) is 6.07 Å². The quantitative estimate of drug-likeness (QED) is 0.209. The SMILES string of the molecule is Cc1cccc(-c2ccccc2)c1N1CN(c2ccccc2S(=O)(=O)[O-])C(c2ccccc2)C1c1ccccc1. The van der Waals surface area contributed by atoms with Crippen molar-refractivity contribution < 1.29 is 13.0 Å². The maximum atomic E-state index is 12.5. The third-order valence-corrected chi connectivity index (χ3v) is 8.50. The minimum atomic E-state index is -4.71. The van der Waals surface area contributed by atoms with E-state index >= 15 is 0 Å². The van der Waals surface area contributed by atoms with Crippen LogP contribution in [0.15, 0.2) is 138 Å². The summed E-state index contributed by atoms with van der Waals surface area (Å²) in [5, 5.41) is 0. The average Bonchev–Trinajstić information content (AvgIpc) is 3.38. The number of nitrogens with zero attached hydrogens (tertiary/aromatic N) is 2. The molecule has 0 spiro atoms. The summed E-state index contributed by atoms with van der Waals surface area (Å²) < 4.78 is 37.4. The topological polar surface area (TPSA) is 63.7 Å². The van der Waals surface area contributed by atoms with Crippen LogP contribution in [-0.2, 0) is 10.1 Å². The molecule has 1 saturated heterocycles. The molecule has 40 heavy (non-hydrogen) atoms. The number of benzene rings is 5. The second kappa shape index (κ2) is 10.6. The Bertz CT molecular complexity index is 1730. The van der Waals surface area contributed by atoms with Crippen molar-refractivity contribution in [2.45, 2.75) is 23.9 Å². The van der Waals surface area contributed by atoms with Gasteiger partial charge in [-0.3, -0.25) is 0 Å². The highest BCUT2D eigenvalue weighted by Crippen LogP contribution is 2.51. The van der Waals surface area contributed by atoms with Gasteiger partial charge in [0, 0.05) is 11.3 Å². The molecular weight excluding hydrogens is 516 g/mol. The molecular formula is C34H29N2O3S-. The van der Waals surface area contributed by atoms with Crippen LogP contribution in [0.25, 0.3) is 11.1 Å². The predicted octanol–water partition coefficient (Wildman–Crippen LogP) is 7.33. The van der Waals surface area contributed by atoms with Gasteiger partial charge in [0.15, 0.2) is 0 Å². The highest BCUT2D eigenvalue weighted by atomic mass is 32.2. The van der Waals surface area contributed by atoms with Crippen molar-refractivity contribution >= 4 is 21.5 Å². The first-order valence-electron chi connectivity index (χ1n) is 13.3. The molecule has 1 aliphatic heterocycles. The van der Waals surface area contributed by atoms with E-state index in [1.54, 1.807) is 18.2 Å². The fourth-order valence-corrected chi connectivity index (χ4v) is 6.63. The molecule has 0 aromatic heterocycles. The molecule has 0 radical (unpaired) electrons. The average molecular weight is 546 g/mol.